The molecule has 2 heterocycles. The first kappa shape index (κ1) is 10.1. The molecular formula is C11H16N4. The van der Waals surface area contributed by atoms with Crippen LogP contribution in [0, 0.1) is 5.92 Å². The van der Waals surface area contributed by atoms with Crippen LogP contribution >= 0.6 is 0 Å². The van der Waals surface area contributed by atoms with Crippen LogP contribution in [0.25, 0.3) is 5.52 Å². The lowest BCUT2D eigenvalue weighted by Crippen LogP contribution is -2.00. The van der Waals surface area contributed by atoms with Crippen molar-refractivity contribution in [1.29, 1.82) is 0 Å². The highest BCUT2D eigenvalue weighted by atomic mass is 15.0. The molecule has 4 nitrogen and oxygen atoms in total. The normalized spacial score (nSPS) is 11.5. The zero-order valence-electron chi connectivity index (χ0n) is 9.14. The third-order valence-electron chi connectivity index (χ3n) is 2.38. The SMILES string of the molecule is CC(C)Cc1nc(CN)c2cnccn12. The summed E-state index contributed by atoms with van der Waals surface area (Å²) in [6.45, 7) is 4.84. The molecule has 0 saturated carbocycles. The molecule has 0 aliphatic rings. The van der Waals surface area contributed by atoms with Crippen molar-refractivity contribution in [1.82, 2.24) is 14.4 Å². The van der Waals surface area contributed by atoms with Crippen LogP contribution in [0.3, 0.4) is 0 Å². The monoisotopic (exact) mass is 204 g/mol. The number of rotatable bonds is 3. The maximum absolute atomic E-state index is 5.66. The van der Waals surface area contributed by atoms with Crippen molar-refractivity contribution >= 4 is 5.52 Å². The van der Waals surface area contributed by atoms with Gasteiger partial charge >= 0.3 is 0 Å². The summed E-state index contributed by atoms with van der Waals surface area (Å²) in [5, 5.41) is 0. The van der Waals surface area contributed by atoms with Crippen LogP contribution in [-0.4, -0.2) is 14.4 Å². The van der Waals surface area contributed by atoms with Gasteiger partial charge in [-0.3, -0.25) is 4.98 Å². The number of hydrogen-bond acceptors (Lipinski definition) is 3. The van der Waals surface area contributed by atoms with Crippen LogP contribution in [0.4, 0.5) is 0 Å². The van der Waals surface area contributed by atoms with E-state index in [4.69, 9.17) is 5.73 Å². The van der Waals surface area contributed by atoms with E-state index in [0.717, 1.165) is 23.5 Å². The van der Waals surface area contributed by atoms with Crippen molar-refractivity contribution in [3.8, 4) is 0 Å². The van der Waals surface area contributed by atoms with Gasteiger partial charge in [-0.2, -0.15) is 0 Å². The Morgan fingerprint density at radius 1 is 1.47 bits per heavy atom. The summed E-state index contributed by atoms with van der Waals surface area (Å²) in [4.78, 5) is 8.64. The summed E-state index contributed by atoms with van der Waals surface area (Å²) in [7, 11) is 0. The van der Waals surface area contributed by atoms with Crippen molar-refractivity contribution < 1.29 is 0 Å². The number of imidazole rings is 1. The number of nitrogens with two attached hydrogens (primary N) is 1. The summed E-state index contributed by atoms with van der Waals surface area (Å²) in [5.74, 6) is 1.66. The van der Waals surface area contributed by atoms with E-state index >= 15 is 0 Å². The summed E-state index contributed by atoms with van der Waals surface area (Å²) >= 11 is 0. The van der Waals surface area contributed by atoms with Gasteiger partial charge in [-0.15, -0.1) is 0 Å². The maximum atomic E-state index is 5.66. The van der Waals surface area contributed by atoms with E-state index in [9.17, 15) is 0 Å². The van der Waals surface area contributed by atoms with Gasteiger partial charge in [0.1, 0.15) is 5.82 Å². The standard InChI is InChI=1S/C11H16N4/c1-8(2)5-11-14-9(6-12)10-7-13-3-4-15(10)11/h3-4,7-8H,5-6,12H2,1-2H3. The fourth-order valence-electron chi connectivity index (χ4n) is 1.73. The smallest absolute Gasteiger partial charge is 0.113 e. The highest BCUT2D eigenvalue weighted by Crippen LogP contribution is 2.14. The lowest BCUT2D eigenvalue weighted by Gasteiger charge is -2.02. The molecule has 0 saturated heterocycles. The second kappa shape index (κ2) is 3.98. The number of aromatic nitrogens is 3. The van der Waals surface area contributed by atoms with Gasteiger partial charge in [-0.05, 0) is 5.92 Å². The molecule has 2 aromatic rings. The highest BCUT2D eigenvalue weighted by molar-refractivity contribution is 5.51. The molecule has 0 radical (unpaired) electrons. The second-order valence-corrected chi connectivity index (χ2v) is 4.11. The predicted octanol–water partition coefficient (Wildman–Crippen LogP) is 1.39. The third kappa shape index (κ3) is 1.85. The average molecular weight is 204 g/mol. The predicted molar refractivity (Wildman–Crippen MR) is 59.4 cm³/mol. The molecule has 0 atom stereocenters. The zero-order valence-corrected chi connectivity index (χ0v) is 9.14. The molecule has 2 aromatic heterocycles. The minimum absolute atomic E-state index is 0.466. The highest BCUT2D eigenvalue weighted by Gasteiger charge is 2.10. The Kier molecular flexibility index (Phi) is 2.68. The van der Waals surface area contributed by atoms with Crippen LogP contribution in [0.15, 0.2) is 18.6 Å². The van der Waals surface area contributed by atoms with Crippen molar-refractivity contribution in [3.63, 3.8) is 0 Å². The molecule has 15 heavy (non-hydrogen) atoms. The molecule has 0 aliphatic carbocycles. The fourth-order valence-corrected chi connectivity index (χ4v) is 1.73. The Labute approximate surface area is 89.2 Å². The first-order valence-electron chi connectivity index (χ1n) is 5.22. The lowest BCUT2D eigenvalue weighted by atomic mass is 10.1. The van der Waals surface area contributed by atoms with Crippen molar-refractivity contribution in [2.75, 3.05) is 0 Å². The van der Waals surface area contributed by atoms with Crippen molar-refractivity contribution in [2.45, 2.75) is 26.8 Å². The molecule has 4 heteroatoms. The number of hydrogen-bond donors (Lipinski definition) is 1. The van der Waals surface area contributed by atoms with Gasteiger partial charge in [0.25, 0.3) is 0 Å². The Morgan fingerprint density at radius 3 is 2.93 bits per heavy atom. The van der Waals surface area contributed by atoms with Crippen molar-refractivity contribution in [3.05, 3.63) is 30.1 Å². The van der Waals surface area contributed by atoms with Gasteiger partial charge in [-0.25, -0.2) is 4.98 Å². The Bertz CT molecular complexity index is 459. The zero-order chi connectivity index (χ0) is 10.8. The molecule has 0 bridgehead atoms. The summed E-state index contributed by atoms with van der Waals surface area (Å²) in [6, 6.07) is 0. The Hall–Kier alpha value is -1.42. The molecular weight excluding hydrogens is 188 g/mol. The van der Waals surface area contributed by atoms with Gasteiger partial charge in [0.15, 0.2) is 0 Å². The largest absolute Gasteiger partial charge is 0.325 e. The quantitative estimate of drug-likeness (QED) is 0.822. The second-order valence-electron chi connectivity index (χ2n) is 4.11. The molecule has 0 fully saturated rings. The van der Waals surface area contributed by atoms with E-state index in [2.05, 4.69) is 28.2 Å². The molecule has 0 spiro atoms. The van der Waals surface area contributed by atoms with Gasteiger partial charge in [0.05, 0.1) is 17.4 Å². The molecule has 0 unspecified atom stereocenters. The van der Waals surface area contributed by atoms with Crippen LogP contribution in [0.1, 0.15) is 25.4 Å². The van der Waals surface area contributed by atoms with E-state index in [-0.39, 0.29) is 0 Å². The van der Waals surface area contributed by atoms with Crippen LogP contribution < -0.4 is 5.73 Å². The summed E-state index contributed by atoms with van der Waals surface area (Å²) < 4.78 is 2.08. The third-order valence-corrected chi connectivity index (χ3v) is 2.38. The molecule has 2 rings (SSSR count). The molecule has 2 N–H and O–H groups in total. The van der Waals surface area contributed by atoms with Crippen molar-refractivity contribution in [2.24, 2.45) is 11.7 Å². The van der Waals surface area contributed by atoms with Gasteiger partial charge in [0.2, 0.25) is 0 Å². The molecule has 0 aliphatic heterocycles. The summed E-state index contributed by atoms with van der Waals surface area (Å²) in [6.07, 6.45) is 6.50. The van der Waals surface area contributed by atoms with E-state index < -0.39 is 0 Å². The van der Waals surface area contributed by atoms with E-state index in [1.54, 1.807) is 6.20 Å². The Morgan fingerprint density at radius 2 is 2.27 bits per heavy atom. The van der Waals surface area contributed by atoms with E-state index in [1.807, 2.05) is 12.4 Å². The molecule has 0 amide bonds. The fraction of sp³-hybridized carbons (Fsp3) is 0.455. The van der Waals surface area contributed by atoms with E-state index in [1.165, 1.54) is 0 Å². The summed E-state index contributed by atoms with van der Waals surface area (Å²) in [5.41, 5.74) is 7.61. The van der Waals surface area contributed by atoms with Gasteiger partial charge in [-0.1, -0.05) is 13.8 Å². The van der Waals surface area contributed by atoms with Gasteiger partial charge in [0, 0.05) is 25.4 Å². The topological polar surface area (TPSA) is 56.2 Å². The van der Waals surface area contributed by atoms with Gasteiger partial charge < -0.3 is 10.1 Å². The first-order valence-corrected chi connectivity index (χ1v) is 5.22. The molecule has 80 valence electrons. The minimum atomic E-state index is 0.466. The minimum Gasteiger partial charge on any atom is -0.325 e. The van der Waals surface area contributed by atoms with Crippen LogP contribution in [-0.2, 0) is 13.0 Å². The van der Waals surface area contributed by atoms with Crippen LogP contribution in [0.5, 0.6) is 0 Å². The molecule has 0 aromatic carbocycles. The maximum Gasteiger partial charge on any atom is 0.113 e. The average Bonchev–Trinajstić information content (AvgIpc) is 2.56. The lowest BCUT2D eigenvalue weighted by molar-refractivity contribution is 0.618. The number of nitrogens with zero attached hydrogens (tertiary/aromatic N) is 3. The van der Waals surface area contributed by atoms with Crippen LogP contribution in [0.2, 0.25) is 0 Å². The van der Waals surface area contributed by atoms with E-state index in [0.29, 0.717) is 12.5 Å². The number of fused-ring (bicyclic) bond motifs is 1. The first-order chi connectivity index (χ1) is 7.22. The Balaban J connectivity index is 2.55.